The standard InChI is InChI=1S/C26H42O5/c1-17(30-13-12-24(2,3)29)20-9-10-21-19(6-5-11-25(20,21)4)8-7-18-14-22(27)26(16-31-26)23(28)15-18/h7-8,17,20-23,27-29H,5-6,9-16H2,1-4H3/b18-7?,19-8+/t17-,20?,21?,22-,23-,25?,26?/m1/s1. The molecule has 3 N–H and O–H groups in total. The molecule has 1 aliphatic heterocycles. The van der Waals surface area contributed by atoms with E-state index in [0.29, 0.717) is 44.3 Å². The van der Waals surface area contributed by atoms with E-state index >= 15 is 0 Å². The van der Waals surface area contributed by atoms with Crippen LogP contribution in [0.3, 0.4) is 0 Å². The molecule has 176 valence electrons. The highest BCUT2D eigenvalue weighted by Crippen LogP contribution is 2.58. The van der Waals surface area contributed by atoms with Crippen molar-refractivity contribution in [3.05, 3.63) is 23.3 Å². The molecule has 1 saturated heterocycles. The molecule has 0 amide bonds. The first-order chi connectivity index (χ1) is 14.6. The molecule has 0 aromatic rings. The van der Waals surface area contributed by atoms with E-state index in [1.807, 2.05) is 13.8 Å². The summed E-state index contributed by atoms with van der Waals surface area (Å²) in [5.41, 5.74) is 1.54. The second-order valence-corrected chi connectivity index (χ2v) is 11.5. The first-order valence-electron chi connectivity index (χ1n) is 12.3. The zero-order valence-corrected chi connectivity index (χ0v) is 19.8. The first-order valence-corrected chi connectivity index (χ1v) is 12.3. The van der Waals surface area contributed by atoms with Crippen molar-refractivity contribution < 1.29 is 24.8 Å². The molecule has 0 aromatic carbocycles. The Bertz CT molecular complexity index is 700. The minimum Gasteiger partial charge on any atom is -0.390 e. The smallest absolute Gasteiger partial charge is 0.144 e. The molecule has 31 heavy (non-hydrogen) atoms. The Labute approximate surface area is 187 Å². The normalized spacial score (nSPS) is 42.7. The van der Waals surface area contributed by atoms with Crippen LogP contribution in [-0.4, -0.2) is 58.0 Å². The average molecular weight is 435 g/mol. The Kier molecular flexibility index (Phi) is 6.48. The van der Waals surface area contributed by atoms with E-state index in [1.165, 1.54) is 31.3 Å². The minimum absolute atomic E-state index is 0.202. The van der Waals surface area contributed by atoms with Crippen LogP contribution in [-0.2, 0) is 9.47 Å². The predicted octanol–water partition coefficient (Wildman–Crippen LogP) is 3.91. The van der Waals surface area contributed by atoms with E-state index < -0.39 is 23.4 Å². The van der Waals surface area contributed by atoms with Crippen molar-refractivity contribution in [1.82, 2.24) is 0 Å². The second kappa shape index (κ2) is 8.57. The molecule has 3 aliphatic carbocycles. The van der Waals surface area contributed by atoms with Gasteiger partial charge < -0.3 is 24.8 Å². The molecule has 0 aromatic heterocycles. The molecule has 4 rings (SSSR count). The summed E-state index contributed by atoms with van der Waals surface area (Å²) in [6.07, 6.45) is 11.3. The van der Waals surface area contributed by atoms with E-state index in [1.54, 1.807) is 0 Å². The minimum atomic E-state index is -0.687. The Morgan fingerprint density at radius 1 is 1.19 bits per heavy atom. The van der Waals surface area contributed by atoms with Gasteiger partial charge in [-0.3, -0.25) is 0 Å². The summed E-state index contributed by atoms with van der Waals surface area (Å²) in [6.45, 7) is 9.41. The Hall–Kier alpha value is -0.720. The predicted molar refractivity (Wildman–Crippen MR) is 121 cm³/mol. The summed E-state index contributed by atoms with van der Waals surface area (Å²) >= 11 is 0. The van der Waals surface area contributed by atoms with Crippen molar-refractivity contribution >= 4 is 0 Å². The molecule has 4 aliphatic rings. The number of hydrogen-bond donors (Lipinski definition) is 3. The van der Waals surface area contributed by atoms with Crippen molar-refractivity contribution in [2.45, 2.75) is 109 Å². The third-order valence-electron chi connectivity index (χ3n) is 8.75. The fourth-order valence-electron chi connectivity index (χ4n) is 6.64. The summed E-state index contributed by atoms with van der Waals surface area (Å²) in [5, 5.41) is 30.8. The Morgan fingerprint density at radius 3 is 2.48 bits per heavy atom. The molecule has 0 radical (unpaired) electrons. The highest BCUT2D eigenvalue weighted by atomic mass is 16.6. The zero-order valence-electron chi connectivity index (χ0n) is 19.8. The summed E-state index contributed by atoms with van der Waals surface area (Å²) in [7, 11) is 0. The van der Waals surface area contributed by atoms with Crippen LogP contribution in [0.4, 0.5) is 0 Å². The first kappa shape index (κ1) is 23.4. The van der Waals surface area contributed by atoms with Crippen LogP contribution in [0.5, 0.6) is 0 Å². The fraction of sp³-hybridized carbons (Fsp3) is 0.846. The Morgan fingerprint density at radius 2 is 1.87 bits per heavy atom. The maximum Gasteiger partial charge on any atom is 0.144 e. The topological polar surface area (TPSA) is 82.5 Å². The van der Waals surface area contributed by atoms with E-state index in [2.05, 4.69) is 26.0 Å². The summed E-state index contributed by atoms with van der Waals surface area (Å²) in [4.78, 5) is 0. The number of hydrogen-bond acceptors (Lipinski definition) is 5. The number of ether oxygens (including phenoxy) is 2. The van der Waals surface area contributed by atoms with Crippen LogP contribution in [0.1, 0.15) is 79.1 Å². The van der Waals surface area contributed by atoms with Gasteiger partial charge in [0.2, 0.25) is 0 Å². The third kappa shape index (κ3) is 4.67. The molecule has 5 nitrogen and oxygen atoms in total. The maximum absolute atomic E-state index is 10.4. The largest absolute Gasteiger partial charge is 0.390 e. The number of allylic oxidation sites excluding steroid dienone is 3. The monoisotopic (exact) mass is 434 g/mol. The van der Waals surface area contributed by atoms with Crippen LogP contribution >= 0.6 is 0 Å². The van der Waals surface area contributed by atoms with E-state index in [9.17, 15) is 15.3 Å². The highest BCUT2D eigenvalue weighted by Gasteiger charge is 2.59. The lowest BCUT2D eigenvalue weighted by Crippen LogP contribution is -2.45. The summed E-state index contributed by atoms with van der Waals surface area (Å²) < 4.78 is 11.6. The van der Waals surface area contributed by atoms with E-state index in [-0.39, 0.29) is 11.5 Å². The van der Waals surface area contributed by atoms with Gasteiger partial charge in [-0.1, -0.05) is 30.2 Å². The highest BCUT2D eigenvalue weighted by molar-refractivity contribution is 5.28. The number of aliphatic hydroxyl groups excluding tert-OH is 2. The van der Waals surface area contributed by atoms with Gasteiger partial charge >= 0.3 is 0 Å². The van der Waals surface area contributed by atoms with Crippen molar-refractivity contribution in [2.24, 2.45) is 17.3 Å². The van der Waals surface area contributed by atoms with E-state index in [4.69, 9.17) is 9.47 Å². The van der Waals surface area contributed by atoms with Crippen molar-refractivity contribution in [1.29, 1.82) is 0 Å². The molecule has 5 heteroatoms. The van der Waals surface area contributed by atoms with Crippen LogP contribution in [0.2, 0.25) is 0 Å². The third-order valence-corrected chi connectivity index (χ3v) is 8.75. The molecular weight excluding hydrogens is 392 g/mol. The fourth-order valence-corrected chi connectivity index (χ4v) is 6.64. The lowest BCUT2D eigenvalue weighted by Gasteiger charge is -2.44. The van der Waals surface area contributed by atoms with Gasteiger partial charge in [-0.25, -0.2) is 0 Å². The van der Waals surface area contributed by atoms with Gasteiger partial charge in [0, 0.05) is 6.61 Å². The molecule has 4 fully saturated rings. The average Bonchev–Trinajstić information content (AvgIpc) is 3.40. The van der Waals surface area contributed by atoms with Crippen LogP contribution in [0.15, 0.2) is 23.3 Å². The summed E-state index contributed by atoms with van der Waals surface area (Å²) in [6, 6.07) is 0. The van der Waals surface area contributed by atoms with Crippen LogP contribution in [0, 0.1) is 17.3 Å². The van der Waals surface area contributed by atoms with Crippen molar-refractivity contribution in [3.8, 4) is 0 Å². The molecule has 3 unspecified atom stereocenters. The van der Waals surface area contributed by atoms with Crippen LogP contribution in [0.25, 0.3) is 0 Å². The zero-order chi connectivity index (χ0) is 22.4. The van der Waals surface area contributed by atoms with Gasteiger partial charge in [0.15, 0.2) is 0 Å². The van der Waals surface area contributed by atoms with Crippen molar-refractivity contribution in [2.75, 3.05) is 13.2 Å². The molecule has 1 heterocycles. The SMILES string of the molecule is C[C@@H](OCCC(C)(C)O)C1CCC2/C(=C/C=C3C[C@@H](O)C4(CO4)[C@H](O)C3)CCCC21C. The molecule has 1 spiro atoms. The number of fused-ring (bicyclic) bond motifs is 1. The molecular formula is C26H42O5. The number of epoxide rings is 1. The van der Waals surface area contributed by atoms with Crippen molar-refractivity contribution in [3.63, 3.8) is 0 Å². The van der Waals surface area contributed by atoms with Gasteiger partial charge in [0.25, 0.3) is 0 Å². The lowest BCUT2D eigenvalue weighted by molar-refractivity contribution is -0.0454. The van der Waals surface area contributed by atoms with Gasteiger partial charge in [0.1, 0.15) is 5.60 Å². The summed E-state index contributed by atoms with van der Waals surface area (Å²) in [5.74, 6) is 1.13. The molecule has 6 atom stereocenters. The number of rotatable bonds is 6. The lowest BCUT2D eigenvalue weighted by atomic mass is 9.62. The molecule has 3 saturated carbocycles. The molecule has 0 bridgehead atoms. The van der Waals surface area contributed by atoms with Crippen LogP contribution < -0.4 is 0 Å². The quantitative estimate of drug-likeness (QED) is 0.552. The number of aliphatic hydroxyl groups is 3. The van der Waals surface area contributed by atoms with Gasteiger partial charge in [-0.15, -0.1) is 0 Å². The van der Waals surface area contributed by atoms with Gasteiger partial charge in [-0.05, 0) is 89.4 Å². The van der Waals surface area contributed by atoms with Gasteiger partial charge in [0.05, 0.1) is 30.5 Å². The Balaban J connectivity index is 1.41. The van der Waals surface area contributed by atoms with E-state index in [0.717, 1.165) is 12.0 Å². The maximum atomic E-state index is 10.4. The van der Waals surface area contributed by atoms with Gasteiger partial charge in [-0.2, -0.15) is 0 Å². The second-order valence-electron chi connectivity index (χ2n) is 11.5.